The van der Waals surface area contributed by atoms with Crippen LogP contribution in [0, 0.1) is 0 Å². The van der Waals surface area contributed by atoms with Gasteiger partial charge in [-0.15, -0.1) is 0 Å². The third-order valence-corrected chi connectivity index (χ3v) is 4.26. The lowest BCUT2D eigenvalue weighted by molar-refractivity contribution is -0.138. The predicted molar refractivity (Wildman–Crippen MR) is 84.8 cm³/mol. The molecular formula is C15H21BF2N2O3. The number of hydrogen-bond donors (Lipinski definition) is 2. The quantitative estimate of drug-likeness (QED) is 0.823. The molecule has 1 aliphatic rings. The van der Waals surface area contributed by atoms with Gasteiger partial charge < -0.3 is 20.4 Å². The molecule has 126 valence electrons. The number of anilines is 1. The van der Waals surface area contributed by atoms with E-state index in [1.54, 1.807) is 18.2 Å². The Kier molecular flexibility index (Phi) is 4.54. The molecule has 2 rings (SSSR count). The molecule has 0 aromatic heterocycles. The number of alkyl halides is 2. The highest BCUT2D eigenvalue weighted by atomic mass is 19.3. The summed E-state index contributed by atoms with van der Waals surface area (Å²) >= 11 is 0. The van der Waals surface area contributed by atoms with Crippen molar-refractivity contribution in [3.8, 4) is 0 Å². The van der Waals surface area contributed by atoms with Crippen molar-refractivity contribution in [3.63, 3.8) is 0 Å². The van der Waals surface area contributed by atoms with E-state index in [1.807, 2.05) is 27.7 Å². The molecular weight excluding hydrogens is 305 g/mol. The van der Waals surface area contributed by atoms with Crippen molar-refractivity contribution in [3.05, 3.63) is 24.3 Å². The second kappa shape index (κ2) is 5.85. The van der Waals surface area contributed by atoms with E-state index < -0.39 is 36.7 Å². The summed E-state index contributed by atoms with van der Waals surface area (Å²) in [5.41, 5.74) is 4.75. The summed E-state index contributed by atoms with van der Waals surface area (Å²) in [6.07, 6.45) is 0. The maximum absolute atomic E-state index is 13.3. The Morgan fingerprint density at radius 3 is 2.35 bits per heavy atom. The second-order valence-electron chi connectivity index (χ2n) is 6.58. The molecule has 1 heterocycles. The van der Waals surface area contributed by atoms with Crippen LogP contribution in [0.2, 0.25) is 0 Å². The molecule has 0 aliphatic carbocycles. The van der Waals surface area contributed by atoms with Crippen molar-refractivity contribution in [2.24, 2.45) is 5.73 Å². The van der Waals surface area contributed by atoms with Crippen LogP contribution in [-0.4, -0.2) is 36.7 Å². The number of carbonyl (C=O) groups excluding carboxylic acids is 1. The normalized spacial score (nSPS) is 19.7. The van der Waals surface area contributed by atoms with Gasteiger partial charge in [-0.1, -0.05) is 12.1 Å². The number of nitrogens with two attached hydrogens (primary N) is 1. The highest BCUT2D eigenvalue weighted by molar-refractivity contribution is 6.62. The Labute approximate surface area is 134 Å². The molecule has 0 unspecified atom stereocenters. The molecule has 1 fully saturated rings. The molecule has 3 N–H and O–H groups in total. The van der Waals surface area contributed by atoms with E-state index in [4.69, 9.17) is 15.0 Å². The molecule has 8 heteroatoms. The fourth-order valence-electron chi connectivity index (χ4n) is 2.06. The first kappa shape index (κ1) is 17.8. The summed E-state index contributed by atoms with van der Waals surface area (Å²) in [5.74, 6) is -5.05. The van der Waals surface area contributed by atoms with Gasteiger partial charge in [-0.05, 0) is 45.3 Å². The number of rotatable bonds is 4. The van der Waals surface area contributed by atoms with Crippen LogP contribution in [0.3, 0.4) is 0 Å². The van der Waals surface area contributed by atoms with Crippen LogP contribution in [0.1, 0.15) is 27.7 Å². The zero-order chi connectivity index (χ0) is 17.5. The Balaban J connectivity index is 2.17. The minimum atomic E-state index is -3.61. The molecule has 0 radical (unpaired) electrons. The minimum Gasteiger partial charge on any atom is -0.399 e. The molecule has 1 amide bonds. The maximum atomic E-state index is 13.3. The third kappa shape index (κ3) is 3.54. The zero-order valence-corrected chi connectivity index (χ0v) is 13.7. The lowest BCUT2D eigenvalue weighted by Crippen LogP contribution is -2.41. The lowest BCUT2D eigenvalue weighted by atomic mass is 9.79. The van der Waals surface area contributed by atoms with Crippen LogP contribution >= 0.6 is 0 Å². The third-order valence-electron chi connectivity index (χ3n) is 4.26. The van der Waals surface area contributed by atoms with Gasteiger partial charge in [0.1, 0.15) is 0 Å². The van der Waals surface area contributed by atoms with Crippen molar-refractivity contribution in [1.82, 2.24) is 0 Å². The minimum absolute atomic E-state index is 0.232. The van der Waals surface area contributed by atoms with Gasteiger partial charge in [0.15, 0.2) is 0 Å². The number of benzene rings is 1. The van der Waals surface area contributed by atoms with E-state index in [2.05, 4.69) is 5.32 Å². The van der Waals surface area contributed by atoms with Crippen LogP contribution in [0.25, 0.3) is 0 Å². The van der Waals surface area contributed by atoms with Gasteiger partial charge in [0.2, 0.25) is 0 Å². The van der Waals surface area contributed by atoms with E-state index in [0.29, 0.717) is 5.46 Å². The summed E-state index contributed by atoms with van der Waals surface area (Å²) in [7, 11) is -0.633. The van der Waals surface area contributed by atoms with E-state index in [9.17, 15) is 13.6 Å². The molecule has 1 saturated heterocycles. The van der Waals surface area contributed by atoms with Gasteiger partial charge in [0.25, 0.3) is 5.91 Å². The van der Waals surface area contributed by atoms with Gasteiger partial charge in [-0.2, -0.15) is 8.78 Å². The molecule has 1 aromatic carbocycles. The average molecular weight is 326 g/mol. The van der Waals surface area contributed by atoms with E-state index >= 15 is 0 Å². The summed E-state index contributed by atoms with van der Waals surface area (Å²) in [6.45, 7) is 6.62. The first-order valence-corrected chi connectivity index (χ1v) is 7.33. The standard InChI is InChI=1S/C15H21BF2N2O3/c1-13(2)14(3,4)23-16(22-13)10-6-5-7-11(8-10)20-12(21)15(17,18)9-19/h5-8H,9,19H2,1-4H3,(H,20,21). The summed E-state index contributed by atoms with van der Waals surface area (Å²) in [6, 6.07) is 6.45. The number of amides is 1. The first-order valence-electron chi connectivity index (χ1n) is 7.33. The Hall–Kier alpha value is -1.51. The SMILES string of the molecule is CC1(C)OB(c2cccc(NC(=O)C(F)(F)CN)c2)OC1(C)C. The number of halogens is 2. The first-order chi connectivity index (χ1) is 10.5. The average Bonchev–Trinajstić information content (AvgIpc) is 2.68. The highest BCUT2D eigenvalue weighted by Gasteiger charge is 2.51. The number of nitrogens with one attached hydrogen (secondary N) is 1. The van der Waals surface area contributed by atoms with Crippen LogP contribution in [-0.2, 0) is 14.1 Å². The van der Waals surface area contributed by atoms with Crippen molar-refractivity contribution in [2.45, 2.75) is 44.8 Å². The van der Waals surface area contributed by atoms with Crippen LogP contribution in [0.15, 0.2) is 24.3 Å². The van der Waals surface area contributed by atoms with Crippen molar-refractivity contribution < 1.29 is 22.9 Å². The molecule has 0 saturated carbocycles. The molecule has 23 heavy (non-hydrogen) atoms. The van der Waals surface area contributed by atoms with Crippen LogP contribution in [0.4, 0.5) is 14.5 Å². The van der Waals surface area contributed by atoms with Gasteiger partial charge in [0.05, 0.1) is 17.7 Å². The maximum Gasteiger partial charge on any atom is 0.494 e. The van der Waals surface area contributed by atoms with Crippen molar-refractivity contribution >= 4 is 24.2 Å². The van der Waals surface area contributed by atoms with Crippen LogP contribution < -0.4 is 16.5 Å². The van der Waals surface area contributed by atoms with Crippen molar-refractivity contribution in [1.29, 1.82) is 0 Å². The fourth-order valence-corrected chi connectivity index (χ4v) is 2.06. The topological polar surface area (TPSA) is 73.6 Å². The van der Waals surface area contributed by atoms with Gasteiger partial charge in [-0.25, -0.2) is 0 Å². The number of hydrogen-bond acceptors (Lipinski definition) is 4. The Morgan fingerprint density at radius 2 is 1.83 bits per heavy atom. The Bertz CT molecular complexity index is 592. The summed E-state index contributed by atoms with van der Waals surface area (Å²) < 4.78 is 38.3. The second-order valence-corrected chi connectivity index (χ2v) is 6.58. The van der Waals surface area contributed by atoms with Crippen LogP contribution in [0.5, 0.6) is 0 Å². The van der Waals surface area contributed by atoms with E-state index in [1.165, 1.54) is 6.07 Å². The van der Waals surface area contributed by atoms with Gasteiger partial charge in [-0.3, -0.25) is 4.79 Å². The predicted octanol–water partition coefficient (Wildman–Crippen LogP) is 1.52. The highest BCUT2D eigenvalue weighted by Crippen LogP contribution is 2.36. The molecule has 0 atom stereocenters. The Morgan fingerprint density at radius 1 is 1.26 bits per heavy atom. The van der Waals surface area contributed by atoms with Crippen molar-refractivity contribution in [2.75, 3.05) is 11.9 Å². The molecule has 5 nitrogen and oxygen atoms in total. The molecule has 1 aromatic rings. The summed E-state index contributed by atoms with van der Waals surface area (Å²) in [5, 5.41) is 2.16. The molecule has 0 spiro atoms. The van der Waals surface area contributed by atoms with E-state index in [0.717, 1.165) is 0 Å². The van der Waals surface area contributed by atoms with Gasteiger partial charge >= 0.3 is 13.0 Å². The summed E-state index contributed by atoms with van der Waals surface area (Å²) in [4.78, 5) is 11.5. The monoisotopic (exact) mass is 326 g/mol. The number of carbonyl (C=O) groups is 1. The van der Waals surface area contributed by atoms with Gasteiger partial charge in [0, 0.05) is 5.69 Å². The molecule has 1 aliphatic heterocycles. The molecule has 0 bridgehead atoms. The fraction of sp³-hybridized carbons (Fsp3) is 0.533. The zero-order valence-electron chi connectivity index (χ0n) is 13.7. The van der Waals surface area contributed by atoms with E-state index in [-0.39, 0.29) is 5.69 Å². The lowest BCUT2D eigenvalue weighted by Gasteiger charge is -2.32. The smallest absolute Gasteiger partial charge is 0.399 e. The largest absolute Gasteiger partial charge is 0.494 e.